The molecule has 3 heterocycles. The lowest BCUT2D eigenvalue weighted by Gasteiger charge is -2.19. The second-order valence-electron chi connectivity index (χ2n) is 8.60. The molecule has 4 aromatic rings. The maximum absolute atomic E-state index is 13.6. The van der Waals surface area contributed by atoms with Gasteiger partial charge in [0.25, 0.3) is 6.47 Å². The van der Waals surface area contributed by atoms with Crippen LogP contribution in [-0.4, -0.2) is 61.8 Å². The normalized spacial score (nSPS) is 13.4. The van der Waals surface area contributed by atoms with Crippen LogP contribution >= 0.6 is 11.8 Å². The first-order valence-corrected chi connectivity index (χ1v) is 12.7. The van der Waals surface area contributed by atoms with Crippen molar-refractivity contribution in [1.82, 2.24) is 24.8 Å². The number of rotatable bonds is 6. The minimum Gasteiger partial charge on any atom is -0.483 e. The number of nitrogens with zero attached hydrogens (tertiary/aromatic N) is 5. The van der Waals surface area contributed by atoms with Crippen LogP contribution in [0.3, 0.4) is 0 Å². The molecule has 1 aliphatic rings. The lowest BCUT2D eigenvalue weighted by molar-refractivity contribution is -0.122. The van der Waals surface area contributed by atoms with Gasteiger partial charge in [-0.3, -0.25) is 4.79 Å². The van der Waals surface area contributed by atoms with Gasteiger partial charge in [0.15, 0.2) is 22.6 Å². The van der Waals surface area contributed by atoms with Crippen molar-refractivity contribution in [3.05, 3.63) is 71.0 Å². The van der Waals surface area contributed by atoms with Crippen LogP contribution in [0.4, 0.5) is 8.78 Å². The van der Waals surface area contributed by atoms with E-state index in [-0.39, 0.29) is 6.47 Å². The van der Waals surface area contributed by atoms with Gasteiger partial charge in [0, 0.05) is 49.6 Å². The van der Waals surface area contributed by atoms with Gasteiger partial charge in [-0.25, -0.2) is 8.78 Å². The maximum Gasteiger partial charge on any atom is 0.290 e. The highest BCUT2D eigenvalue weighted by Gasteiger charge is 2.17. The molecule has 1 aliphatic heterocycles. The van der Waals surface area contributed by atoms with E-state index in [1.54, 1.807) is 11.8 Å². The van der Waals surface area contributed by atoms with Crippen molar-refractivity contribution < 1.29 is 23.2 Å². The van der Waals surface area contributed by atoms with Gasteiger partial charge in [0.1, 0.15) is 11.5 Å². The summed E-state index contributed by atoms with van der Waals surface area (Å²) in [7, 11) is 1.84. The third-order valence-electron chi connectivity index (χ3n) is 6.18. The number of aromatic nitrogens is 4. The van der Waals surface area contributed by atoms with E-state index in [1.807, 2.05) is 24.6 Å². The van der Waals surface area contributed by atoms with Crippen molar-refractivity contribution >= 4 is 18.2 Å². The Morgan fingerprint density at radius 2 is 1.76 bits per heavy atom. The van der Waals surface area contributed by atoms with E-state index in [1.165, 1.54) is 17.2 Å². The summed E-state index contributed by atoms with van der Waals surface area (Å²) in [6.07, 6.45) is 2.01. The van der Waals surface area contributed by atoms with Gasteiger partial charge in [-0.05, 0) is 55.2 Å². The molecule has 0 radical (unpaired) electrons. The summed E-state index contributed by atoms with van der Waals surface area (Å²) in [6, 6.07) is 12.3. The topological polar surface area (TPSA) is 97.3 Å². The van der Waals surface area contributed by atoms with Crippen LogP contribution in [0.1, 0.15) is 16.9 Å². The Balaban J connectivity index is 0.00000102. The van der Waals surface area contributed by atoms with E-state index in [9.17, 15) is 8.78 Å². The van der Waals surface area contributed by atoms with E-state index in [0.717, 1.165) is 72.5 Å². The van der Waals surface area contributed by atoms with Crippen LogP contribution in [0.25, 0.3) is 22.6 Å². The minimum absolute atomic E-state index is 0.250. The third-order valence-corrected chi connectivity index (χ3v) is 7.18. The molecule has 0 atom stereocenters. The van der Waals surface area contributed by atoms with Crippen LogP contribution in [0.15, 0.2) is 52.1 Å². The maximum atomic E-state index is 13.6. The van der Waals surface area contributed by atoms with Crippen molar-refractivity contribution in [2.24, 2.45) is 7.05 Å². The first kappa shape index (κ1) is 26.5. The molecular formula is C26H27F2N5O3S. The molecule has 8 nitrogen and oxygen atoms in total. The highest BCUT2D eigenvalue weighted by Crippen LogP contribution is 2.26. The van der Waals surface area contributed by atoms with Gasteiger partial charge in [-0.15, -0.1) is 10.2 Å². The predicted octanol–water partition coefficient (Wildman–Crippen LogP) is 4.62. The molecule has 0 unspecified atom stereocenters. The smallest absolute Gasteiger partial charge is 0.290 e. The van der Waals surface area contributed by atoms with Crippen molar-refractivity contribution in [3.63, 3.8) is 0 Å². The van der Waals surface area contributed by atoms with Crippen LogP contribution in [0.5, 0.6) is 0 Å². The second-order valence-corrected chi connectivity index (χ2v) is 9.66. The average Bonchev–Trinajstić information content (AvgIpc) is 3.41. The van der Waals surface area contributed by atoms with Gasteiger partial charge >= 0.3 is 0 Å². The van der Waals surface area contributed by atoms with Gasteiger partial charge < -0.3 is 19.1 Å². The summed E-state index contributed by atoms with van der Waals surface area (Å²) < 4.78 is 33.9. The molecule has 5 rings (SSSR count). The Morgan fingerprint density at radius 1 is 1.03 bits per heavy atom. The molecule has 0 aliphatic carbocycles. The molecule has 1 N–H and O–H groups in total. The first-order valence-electron chi connectivity index (χ1n) is 11.7. The number of thioether (sulfide) groups is 1. The fourth-order valence-corrected chi connectivity index (χ4v) is 5.16. The molecule has 0 amide bonds. The summed E-state index contributed by atoms with van der Waals surface area (Å²) in [5.41, 5.74) is 5.25. The third kappa shape index (κ3) is 6.41. The molecule has 2 aromatic heterocycles. The summed E-state index contributed by atoms with van der Waals surface area (Å²) in [6.45, 7) is 4.59. The van der Waals surface area contributed by atoms with Crippen molar-refractivity contribution in [3.8, 4) is 22.6 Å². The van der Waals surface area contributed by atoms with E-state index in [2.05, 4.69) is 38.5 Å². The molecule has 194 valence electrons. The SMILES string of the molecule is Cc1cc(-c2ccc3c(c2)CCN(CCSc2nnc(-c4ccc(F)c(F)c4)n2C)CC3)no1.O=CO. The molecular weight excluding hydrogens is 500 g/mol. The van der Waals surface area contributed by atoms with Crippen molar-refractivity contribution in [2.45, 2.75) is 24.9 Å². The van der Waals surface area contributed by atoms with Gasteiger partial charge in [0.05, 0.1) is 0 Å². The zero-order valence-corrected chi connectivity index (χ0v) is 21.3. The lowest BCUT2D eigenvalue weighted by atomic mass is 9.99. The van der Waals surface area contributed by atoms with Gasteiger partial charge in [0.2, 0.25) is 0 Å². The van der Waals surface area contributed by atoms with E-state index in [0.29, 0.717) is 11.4 Å². The average molecular weight is 528 g/mol. The molecule has 0 saturated heterocycles. The molecule has 0 saturated carbocycles. The second kappa shape index (κ2) is 12.1. The number of aryl methyl sites for hydroxylation is 1. The highest BCUT2D eigenvalue weighted by atomic mass is 32.2. The fourth-order valence-electron chi connectivity index (χ4n) is 4.25. The number of hydrogen-bond acceptors (Lipinski definition) is 7. The monoisotopic (exact) mass is 527 g/mol. The number of benzene rings is 2. The minimum atomic E-state index is -0.889. The fraction of sp³-hybridized carbons (Fsp3) is 0.308. The molecule has 11 heteroatoms. The van der Waals surface area contributed by atoms with Crippen molar-refractivity contribution in [1.29, 1.82) is 0 Å². The molecule has 0 fully saturated rings. The standard InChI is InChI=1S/C25H25F2N5OS.CH2O2/c1-16-13-23(30-33-16)19-4-3-17-7-9-32(10-8-18(17)14-19)11-12-34-25-29-28-24(31(25)2)20-5-6-21(26)22(27)15-20;2-1-3/h3-6,13-15H,7-12H2,1-2H3;1H,(H,2,3). The summed E-state index contributed by atoms with van der Waals surface area (Å²) in [4.78, 5) is 10.8. The van der Waals surface area contributed by atoms with Crippen molar-refractivity contribution in [2.75, 3.05) is 25.4 Å². The summed E-state index contributed by atoms with van der Waals surface area (Å²) >= 11 is 1.62. The molecule has 2 aromatic carbocycles. The number of carbonyl (C=O) groups is 1. The van der Waals surface area contributed by atoms with Crippen LogP contribution in [0.2, 0.25) is 0 Å². The molecule has 0 bridgehead atoms. The van der Waals surface area contributed by atoms with Gasteiger partial charge in [-0.2, -0.15) is 0 Å². The van der Waals surface area contributed by atoms with Crippen LogP contribution < -0.4 is 0 Å². The molecule has 0 spiro atoms. The molecule has 37 heavy (non-hydrogen) atoms. The lowest BCUT2D eigenvalue weighted by Crippen LogP contribution is -2.28. The Morgan fingerprint density at radius 3 is 2.46 bits per heavy atom. The Labute approximate surface area is 217 Å². The largest absolute Gasteiger partial charge is 0.483 e. The van der Waals surface area contributed by atoms with Gasteiger partial charge in [-0.1, -0.05) is 29.1 Å². The quantitative estimate of drug-likeness (QED) is 0.287. The highest BCUT2D eigenvalue weighted by molar-refractivity contribution is 7.99. The zero-order valence-electron chi connectivity index (χ0n) is 20.5. The zero-order chi connectivity index (χ0) is 26.4. The summed E-state index contributed by atoms with van der Waals surface area (Å²) in [5, 5.41) is 20.2. The van der Waals surface area contributed by atoms with E-state index < -0.39 is 11.6 Å². The Kier molecular flexibility index (Phi) is 8.67. The first-order chi connectivity index (χ1) is 17.9. The number of hydrogen-bond donors (Lipinski definition) is 1. The Bertz CT molecular complexity index is 1370. The van der Waals surface area contributed by atoms with E-state index >= 15 is 0 Å². The van der Waals surface area contributed by atoms with Crippen LogP contribution in [-0.2, 0) is 24.7 Å². The predicted molar refractivity (Wildman–Crippen MR) is 136 cm³/mol. The Hall–Kier alpha value is -3.57. The van der Waals surface area contributed by atoms with E-state index in [4.69, 9.17) is 14.4 Å². The van der Waals surface area contributed by atoms with Crippen LogP contribution in [0, 0.1) is 18.6 Å². The number of halogens is 2. The summed E-state index contributed by atoms with van der Waals surface area (Å²) in [5.74, 6) is 0.437. The number of fused-ring (bicyclic) bond motifs is 1. The number of carboxylic acid groups (broad SMARTS) is 1.